The van der Waals surface area contributed by atoms with Gasteiger partial charge >= 0.3 is 0 Å². The number of carbonyl (C=O) groups excluding carboxylic acids is 2. The molecule has 0 aliphatic rings. The van der Waals surface area contributed by atoms with Crippen LogP contribution in [0.3, 0.4) is 0 Å². The highest BCUT2D eigenvalue weighted by Crippen LogP contribution is 2.26. The van der Waals surface area contributed by atoms with E-state index < -0.39 is 39.9 Å². The molecule has 41 heavy (non-hydrogen) atoms. The number of hydrogen-bond donors (Lipinski definition) is 1. The van der Waals surface area contributed by atoms with E-state index in [2.05, 4.69) is 5.32 Å². The Balaban J connectivity index is 2.03. The SMILES string of the molecule is CCOc1ccc(S(=O)(=O)N(CC(=O)N(Cc2ccc(F)cc2)C(CC)C(=O)NC(C)(C)C)c2ccccc2)cc1. The van der Waals surface area contributed by atoms with E-state index in [0.717, 1.165) is 4.31 Å². The van der Waals surface area contributed by atoms with Gasteiger partial charge in [-0.25, -0.2) is 12.8 Å². The second-order valence-electron chi connectivity index (χ2n) is 10.6. The van der Waals surface area contributed by atoms with Gasteiger partial charge in [0, 0.05) is 12.1 Å². The first-order valence-electron chi connectivity index (χ1n) is 13.5. The molecule has 0 aliphatic carbocycles. The molecule has 220 valence electrons. The number of nitrogens with one attached hydrogen (secondary N) is 1. The second kappa shape index (κ2) is 13.6. The molecule has 3 aromatic rings. The first kappa shape index (κ1) is 31.6. The highest BCUT2D eigenvalue weighted by atomic mass is 32.2. The van der Waals surface area contributed by atoms with Crippen LogP contribution >= 0.6 is 0 Å². The van der Waals surface area contributed by atoms with Crippen LogP contribution in [0.1, 0.15) is 46.6 Å². The Morgan fingerprint density at radius 3 is 2.07 bits per heavy atom. The molecule has 0 bridgehead atoms. The first-order valence-corrected chi connectivity index (χ1v) is 15.0. The van der Waals surface area contributed by atoms with Gasteiger partial charge in [-0.3, -0.25) is 13.9 Å². The number of ether oxygens (including phenoxy) is 1. The summed E-state index contributed by atoms with van der Waals surface area (Å²) in [7, 11) is -4.19. The van der Waals surface area contributed by atoms with Crippen molar-refractivity contribution in [3.05, 3.63) is 90.2 Å². The fourth-order valence-corrected chi connectivity index (χ4v) is 5.70. The summed E-state index contributed by atoms with van der Waals surface area (Å²) in [6, 6.07) is 19.1. The second-order valence-corrected chi connectivity index (χ2v) is 12.4. The minimum atomic E-state index is -4.19. The van der Waals surface area contributed by atoms with E-state index in [1.54, 1.807) is 49.4 Å². The quantitative estimate of drug-likeness (QED) is 0.319. The summed E-state index contributed by atoms with van der Waals surface area (Å²) < 4.78 is 47.9. The molecule has 0 heterocycles. The summed E-state index contributed by atoms with van der Waals surface area (Å²) in [5.74, 6) is -0.851. The van der Waals surface area contributed by atoms with Crippen LogP contribution in [0, 0.1) is 5.82 Å². The summed E-state index contributed by atoms with van der Waals surface area (Å²) >= 11 is 0. The lowest BCUT2D eigenvalue weighted by Crippen LogP contribution is -2.55. The molecule has 3 aromatic carbocycles. The predicted octanol–water partition coefficient (Wildman–Crippen LogP) is 5.14. The molecule has 1 unspecified atom stereocenters. The van der Waals surface area contributed by atoms with Crippen molar-refractivity contribution in [1.29, 1.82) is 0 Å². The maximum atomic E-state index is 14.0. The maximum Gasteiger partial charge on any atom is 0.264 e. The summed E-state index contributed by atoms with van der Waals surface area (Å²) in [5, 5.41) is 2.92. The Bertz CT molecular complexity index is 1410. The molecule has 0 saturated heterocycles. The van der Waals surface area contributed by atoms with Crippen molar-refractivity contribution in [2.24, 2.45) is 0 Å². The number of amides is 2. The standard InChI is InChI=1S/C31H38FN3O5S/c1-6-28(30(37)33-31(3,4)5)34(21-23-13-15-24(32)16-14-23)29(36)22-35(25-11-9-8-10-12-25)41(38,39)27-19-17-26(18-20-27)40-7-2/h8-20,28H,6-7,21-22H2,1-5H3,(H,33,37). The number of halogens is 1. The van der Waals surface area contributed by atoms with Crippen LogP contribution in [0.5, 0.6) is 5.75 Å². The van der Waals surface area contributed by atoms with Crippen molar-refractivity contribution in [1.82, 2.24) is 10.2 Å². The van der Waals surface area contributed by atoms with Crippen LogP contribution in [0.2, 0.25) is 0 Å². The van der Waals surface area contributed by atoms with Gasteiger partial charge in [0.1, 0.15) is 24.2 Å². The smallest absolute Gasteiger partial charge is 0.264 e. The van der Waals surface area contributed by atoms with Gasteiger partial charge in [0.15, 0.2) is 0 Å². The molecule has 0 spiro atoms. The average Bonchev–Trinajstić information content (AvgIpc) is 2.92. The highest BCUT2D eigenvalue weighted by Gasteiger charge is 2.34. The van der Waals surface area contributed by atoms with Gasteiger partial charge in [-0.05, 0) is 88.2 Å². The summed E-state index contributed by atoms with van der Waals surface area (Å²) in [4.78, 5) is 28.7. The number of sulfonamides is 1. The summed E-state index contributed by atoms with van der Waals surface area (Å²) in [5.41, 5.74) is 0.341. The van der Waals surface area contributed by atoms with Crippen LogP contribution in [0.25, 0.3) is 0 Å². The van der Waals surface area contributed by atoms with Gasteiger partial charge in [0.2, 0.25) is 11.8 Å². The van der Waals surface area contributed by atoms with E-state index in [4.69, 9.17) is 4.74 Å². The Morgan fingerprint density at radius 1 is 0.927 bits per heavy atom. The van der Waals surface area contributed by atoms with E-state index in [0.29, 0.717) is 23.6 Å². The molecule has 0 radical (unpaired) electrons. The van der Waals surface area contributed by atoms with Gasteiger partial charge < -0.3 is 15.0 Å². The summed E-state index contributed by atoms with van der Waals surface area (Å²) in [6.07, 6.45) is 0.284. The molecule has 8 nitrogen and oxygen atoms in total. The molecular formula is C31H38FN3O5S. The summed E-state index contributed by atoms with van der Waals surface area (Å²) in [6.45, 7) is 8.99. The van der Waals surface area contributed by atoms with Crippen LogP contribution in [-0.4, -0.2) is 49.9 Å². The Kier molecular flexibility index (Phi) is 10.5. The fraction of sp³-hybridized carbons (Fsp3) is 0.355. The molecule has 0 aliphatic heterocycles. The zero-order valence-corrected chi connectivity index (χ0v) is 24.9. The Morgan fingerprint density at radius 2 is 1.54 bits per heavy atom. The van der Waals surface area contributed by atoms with Gasteiger partial charge in [-0.1, -0.05) is 37.3 Å². The Hall–Kier alpha value is -3.92. The molecule has 0 fully saturated rings. The monoisotopic (exact) mass is 583 g/mol. The van der Waals surface area contributed by atoms with Crippen molar-refractivity contribution in [3.8, 4) is 5.75 Å². The fourth-order valence-electron chi connectivity index (χ4n) is 4.28. The van der Waals surface area contributed by atoms with E-state index in [-0.39, 0.29) is 23.8 Å². The minimum absolute atomic E-state index is 0.0130. The Labute approximate surface area is 242 Å². The van der Waals surface area contributed by atoms with Gasteiger partial charge in [0.05, 0.1) is 17.2 Å². The number of rotatable bonds is 12. The van der Waals surface area contributed by atoms with Crippen LogP contribution in [0.4, 0.5) is 10.1 Å². The van der Waals surface area contributed by atoms with Gasteiger partial charge in [-0.15, -0.1) is 0 Å². The molecule has 3 rings (SSSR count). The number of hydrogen-bond acceptors (Lipinski definition) is 5. The maximum absolute atomic E-state index is 14.0. The molecule has 0 saturated carbocycles. The molecule has 1 N–H and O–H groups in total. The average molecular weight is 584 g/mol. The van der Waals surface area contributed by atoms with Crippen LogP contribution in [-0.2, 0) is 26.2 Å². The van der Waals surface area contributed by atoms with Crippen molar-refractivity contribution in [3.63, 3.8) is 0 Å². The zero-order chi connectivity index (χ0) is 30.2. The van der Waals surface area contributed by atoms with E-state index in [1.165, 1.54) is 41.3 Å². The van der Waals surface area contributed by atoms with Crippen LogP contribution < -0.4 is 14.4 Å². The molecule has 1 atom stereocenters. The van der Waals surface area contributed by atoms with Crippen molar-refractivity contribution in [2.75, 3.05) is 17.5 Å². The van der Waals surface area contributed by atoms with E-state index in [1.807, 2.05) is 27.7 Å². The van der Waals surface area contributed by atoms with E-state index in [9.17, 15) is 22.4 Å². The third kappa shape index (κ3) is 8.53. The zero-order valence-electron chi connectivity index (χ0n) is 24.1. The lowest BCUT2D eigenvalue weighted by atomic mass is 10.1. The molecule has 0 aromatic heterocycles. The highest BCUT2D eigenvalue weighted by molar-refractivity contribution is 7.92. The normalized spacial score (nSPS) is 12.3. The minimum Gasteiger partial charge on any atom is -0.494 e. The predicted molar refractivity (Wildman–Crippen MR) is 158 cm³/mol. The lowest BCUT2D eigenvalue weighted by Gasteiger charge is -2.34. The first-order chi connectivity index (χ1) is 19.4. The van der Waals surface area contributed by atoms with E-state index >= 15 is 0 Å². The number of nitrogens with zero attached hydrogens (tertiary/aromatic N) is 2. The van der Waals surface area contributed by atoms with Crippen molar-refractivity contribution >= 4 is 27.5 Å². The van der Waals surface area contributed by atoms with Crippen molar-refractivity contribution < 1.29 is 27.1 Å². The van der Waals surface area contributed by atoms with Crippen LogP contribution in [0.15, 0.2) is 83.8 Å². The van der Waals surface area contributed by atoms with Gasteiger partial charge in [0.25, 0.3) is 10.0 Å². The van der Waals surface area contributed by atoms with Gasteiger partial charge in [-0.2, -0.15) is 0 Å². The largest absolute Gasteiger partial charge is 0.494 e. The van der Waals surface area contributed by atoms with Crippen molar-refractivity contribution in [2.45, 2.75) is 64.1 Å². The number of para-hydroxylation sites is 1. The molecule has 2 amide bonds. The molecular weight excluding hydrogens is 545 g/mol. The number of anilines is 1. The number of carbonyl (C=O) groups is 2. The third-order valence-electron chi connectivity index (χ3n) is 6.20. The lowest BCUT2D eigenvalue weighted by molar-refractivity contribution is -0.141. The third-order valence-corrected chi connectivity index (χ3v) is 7.98. The number of benzene rings is 3. The topological polar surface area (TPSA) is 96.0 Å². The molecule has 10 heteroatoms.